The number of amides is 1. The third kappa shape index (κ3) is 4.83. The van der Waals surface area contributed by atoms with Gasteiger partial charge in [-0.15, -0.1) is 11.3 Å². The lowest BCUT2D eigenvalue weighted by Gasteiger charge is -2.23. The molecule has 0 fully saturated rings. The number of hydrogen-bond acceptors (Lipinski definition) is 3. The molecule has 0 bridgehead atoms. The molecule has 2 rings (SSSR count). The first-order chi connectivity index (χ1) is 10.6. The van der Waals surface area contributed by atoms with Gasteiger partial charge in [-0.1, -0.05) is 35.9 Å². The first kappa shape index (κ1) is 16.5. The lowest BCUT2D eigenvalue weighted by molar-refractivity contribution is -0.116. The SMILES string of the molecule is Cc1ccc(/C=C/C(=O)NCC(c2cccs2)N(C)C)cc1. The summed E-state index contributed by atoms with van der Waals surface area (Å²) >= 11 is 1.71. The average Bonchev–Trinajstić information content (AvgIpc) is 3.00. The normalized spacial score (nSPS) is 12.7. The van der Waals surface area contributed by atoms with Gasteiger partial charge in [-0.2, -0.15) is 0 Å². The van der Waals surface area contributed by atoms with Crippen LogP contribution in [0.1, 0.15) is 22.0 Å². The minimum absolute atomic E-state index is 0.0658. The van der Waals surface area contributed by atoms with Crippen molar-refractivity contribution in [2.24, 2.45) is 0 Å². The number of rotatable bonds is 6. The van der Waals surface area contributed by atoms with Crippen LogP contribution in [-0.2, 0) is 4.79 Å². The smallest absolute Gasteiger partial charge is 0.244 e. The highest BCUT2D eigenvalue weighted by Gasteiger charge is 2.15. The lowest BCUT2D eigenvalue weighted by Crippen LogP contribution is -2.33. The second kappa shape index (κ2) is 7.92. The molecular weight excluding hydrogens is 292 g/mol. The number of thiophene rings is 1. The fourth-order valence-electron chi connectivity index (χ4n) is 2.12. The second-order valence-corrected chi connectivity index (χ2v) is 6.46. The highest BCUT2D eigenvalue weighted by atomic mass is 32.1. The van der Waals surface area contributed by atoms with Crippen LogP contribution in [0.2, 0.25) is 0 Å². The fourth-order valence-corrected chi connectivity index (χ4v) is 3.05. The van der Waals surface area contributed by atoms with Gasteiger partial charge in [-0.3, -0.25) is 4.79 Å². The Hall–Kier alpha value is -1.91. The number of hydrogen-bond donors (Lipinski definition) is 1. The molecule has 2 aromatic rings. The molecule has 0 spiro atoms. The van der Waals surface area contributed by atoms with Gasteiger partial charge in [-0.05, 0) is 44.1 Å². The number of carbonyl (C=O) groups excluding carboxylic acids is 1. The average molecular weight is 314 g/mol. The zero-order valence-electron chi connectivity index (χ0n) is 13.2. The van der Waals surface area contributed by atoms with Crippen LogP contribution in [0.15, 0.2) is 47.9 Å². The van der Waals surface area contributed by atoms with Crippen LogP contribution < -0.4 is 5.32 Å². The molecule has 1 unspecified atom stereocenters. The number of benzene rings is 1. The van der Waals surface area contributed by atoms with E-state index in [0.717, 1.165) is 5.56 Å². The molecule has 0 aliphatic carbocycles. The van der Waals surface area contributed by atoms with Crippen molar-refractivity contribution in [2.45, 2.75) is 13.0 Å². The highest BCUT2D eigenvalue weighted by Crippen LogP contribution is 2.22. The molecule has 1 amide bonds. The van der Waals surface area contributed by atoms with Crippen molar-refractivity contribution in [2.75, 3.05) is 20.6 Å². The third-order valence-corrected chi connectivity index (χ3v) is 4.44. The molecule has 1 aromatic heterocycles. The molecule has 116 valence electrons. The summed E-state index contributed by atoms with van der Waals surface area (Å²) in [5, 5.41) is 5.03. The maximum atomic E-state index is 12.0. The first-order valence-corrected chi connectivity index (χ1v) is 8.16. The molecular formula is C18H22N2OS. The number of nitrogens with one attached hydrogen (secondary N) is 1. The topological polar surface area (TPSA) is 32.3 Å². The van der Waals surface area contributed by atoms with Gasteiger partial charge in [0, 0.05) is 17.5 Å². The summed E-state index contributed by atoms with van der Waals surface area (Å²) in [5.74, 6) is -0.0658. The second-order valence-electron chi connectivity index (χ2n) is 5.48. The van der Waals surface area contributed by atoms with E-state index in [0.29, 0.717) is 6.54 Å². The quantitative estimate of drug-likeness (QED) is 0.828. The van der Waals surface area contributed by atoms with Crippen molar-refractivity contribution in [3.63, 3.8) is 0 Å². The lowest BCUT2D eigenvalue weighted by atomic mass is 10.1. The van der Waals surface area contributed by atoms with Crippen molar-refractivity contribution in [1.29, 1.82) is 0 Å². The predicted octanol–water partition coefficient (Wildman–Crippen LogP) is 3.49. The Kier molecular flexibility index (Phi) is 5.92. The van der Waals surface area contributed by atoms with Crippen molar-refractivity contribution in [3.8, 4) is 0 Å². The van der Waals surface area contributed by atoms with E-state index in [1.165, 1.54) is 10.4 Å². The largest absolute Gasteiger partial charge is 0.351 e. The number of carbonyl (C=O) groups is 1. The summed E-state index contributed by atoms with van der Waals surface area (Å²) in [6.45, 7) is 2.65. The Morgan fingerprint density at radius 3 is 2.59 bits per heavy atom. The number of likely N-dealkylation sites (N-methyl/N-ethyl adjacent to an activating group) is 1. The van der Waals surface area contributed by atoms with Gasteiger partial charge in [0.15, 0.2) is 0 Å². The van der Waals surface area contributed by atoms with Crippen LogP contribution in [0.3, 0.4) is 0 Å². The van der Waals surface area contributed by atoms with E-state index in [4.69, 9.17) is 0 Å². The van der Waals surface area contributed by atoms with Gasteiger partial charge in [0.05, 0.1) is 6.04 Å². The van der Waals surface area contributed by atoms with Crippen LogP contribution in [0.4, 0.5) is 0 Å². The predicted molar refractivity (Wildman–Crippen MR) is 94.0 cm³/mol. The minimum Gasteiger partial charge on any atom is -0.351 e. The molecule has 1 heterocycles. The molecule has 0 radical (unpaired) electrons. The van der Waals surface area contributed by atoms with Crippen LogP contribution in [0.25, 0.3) is 6.08 Å². The summed E-state index contributed by atoms with van der Waals surface area (Å²) in [6, 6.07) is 12.4. The Balaban J connectivity index is 1.90. The van der Waals surface area contributed by atoms with Crippen molar-refractivity contribution >= 4 is 23.3 Å². The van der Waals surface area contributed by atoms with Crippen molar-refractivity contribution in [1.82, 2.24) is 10.2 Å². The van der Waals surface area contributed by atoms with Gasteiger partial charge in [-0.25, -0.2) is 0 Å². The molecule has 22 heavy (non-hydrogen) atoms. The molecule has 1 atom stereocenters. The van der Waals surface area contributed by atoms with Gasteiger partial charge in [0.25, 0.3) is 0 Å². The molecule has 1 aromatic carbocycles. The molecule has 0 saturated heterocycles. The molecule has 0 saturated carbocycles. The van der Waals surface area contributed by atoms with Crippen molar-refractivity contribution < 1.29 is 4.79 Å². The Labute approximate surface area is 136 Å². The summed E-state index contributed by atoms with van der Waals surface area (Å²) in [4.78, 5) is 15.3. The zero-order valence-corrected chi connectivity index (χ0v) is 14.1. The summed E-state index contributed by atoms with van der Waals surface area (Å²) in [6.07, 6.45) is 3.43. The molecule has 0 aliphatic rings. The van der Waals surface area contributed by atoms with E-state index in [9.17, 15) is 4.79 Å². The summed E-state index contributed by atoms with van der Waals surface area (Å²) in [5.41, 5.74) is 2.24. The standard InChI is InChI=1S/C18H22N2OS/c1-14-6-8-15(9-7-14)10-11-18(21)19-13-16(20(2)3)17-5-4-12-22-17/h4-12,16H,13H2,1-3H3,(H,19,21)/b11-10+. The van der Waals surface area contributed by atoms with Gasteiger partial charge in [0.1, 0.15) is 0 Å². The number of aryl methyl sites for hydroxylation is 1. The van der Waals surface area contributed by atoms with Crippen LogP contribution in [0.5, 0.6) is 0 Å². The van der Waals surface area contributed by atoms with E-state index in [1.807, 2.05) is 57.4 Å². The van der Waals surface area contributed by atoms with E-state index < -0.39 is 0 Å². The Morgan fingerprint density at radius 1 is 1.27 bits per heavy atom. The Morgan fingerprint density at radius 2 is 2.00 bits per heavy atom. The van der Waals surface area contributed by atoms with Crippen molar-refractivity contribution in [3.05, 3.63) is 63.9 Å². The summed E-state index contributed by atoms with van der Waals surface area (Å²) < 4.78 is 0. The zero-order chi connectivity index (χ0) is 15.9. The molecule has 3 nitrogen and oxygen atoms in total. The van der Waals surface area contributed by atoms with E-state index in [-0.39, 0.29) is 11.9 Å². The maximum Gasteiger partial charge on any atom is 0.244 e. The highest BCUT2D eigenvalue weighted by molar-refractivity contribution is 7.10. The maximum absolute atomic E-state index is 12.0. The minimum atomic E-state index is -0.0658. The summed E-state index contributed by atoms with van der Waals surface area (Å²) in [7, 11) is 4.05. The van der Waals surface area contributed by atoms with Gasteiger partial charge >= 0.3 is 0 Å². The van der Waals surface area contributed by atoms with Crippen LogP contribution >= 0.6 is 11.3 Å². The van der Waals surface area contributed by atoms with E-state index in [1.54, 1.807) is 17.4 Å². The molecule has 0 aliphatic heterocycles. The fraction of sp³-hybridized carbons (Fsp3) is 0.278. The van der Waals surface area contributed by atoms with Gasteiger partial charge in [0.2, 0.25) is 5.91 Å². The Bertz CT molecular complexity index is 615. The van der Waals surface area contributed by atoms with Gasteiger partial charge < -0.3 is 10.2 Å². The van der Waals surface area contributed by atoms with E-state index >= 15 is 0 Å². The molecule has 4 heteroatoms. The van der Waals surface area contributed by atoms with Crippen LogP contribution in [-0.4, -0.2) is 31.4 Å². The molecule has 1 N–H and O–H groups in total. The van der Waals surface area contributed by atoms with E-state index in [2.05, 4.69) is 21.7 Å². The number of nitrogens with zero attached hydrogens (tertiary/aromatic N) is 1. The third-order valence-electron chi connectivity index (χ3n) is 3.47. The first-order valence-electron chi connectivity index (χ1n) is 7.28. The van der Waals surface area contributed by atoms with Crippen LogP contribution in [0, 0.1) is 6.92 Å². The monoisotopic (exact) mass is 314 g/mol.